The number of carbonyl (C=O) groups excluding carboxylic acids is 3. The summed E-state index contributed by atoms with van der Waals surface area (Å²) in [7, 11) is 0. The summed E-state index contributed by atoms with van der Waals surface area (Å²) in [5.74, 6) is -1.07. The highest BCUT2D eigenvalue weighted by Crippen LogP contribution is 2.13. The summed E-state index contributed by atoms with van der Waals surface area (Å²) < 4.78 is 16.7. The number of rotatable bonds is 49. The quantitative estimate of drug-likeness (QED) is 0.0262. The zero-order chi connectivity index (χ0) is 51.4. The first-order chi connectivity index (χ1) is 35.0. The predicted octanol–water partition coefficient (Wildman–Crippen LogP) is 19.2. The summed E-state index contributed by atoms with van der Waals surface area (Å²) >= 11 is 0. The zero-order valence-corrected chi connectivity index (χ0v) is 45.4. The highest BCUT2D eigenvalue weighted by Gasteiger charge is 2.19. The Morgan fingerprint density at radius 2 is 0.577 bits per heavy atom. The highest BCUT2D eigenvalue weighted by molar-refractivity contribution is 5.71. The van der Waals surface area contributed by atoms with Crippen LogP contribution in [0.15, 0.2) is 146 Å². The van der Waals surface area contributed by atoms with Gasteiger partial charge in [0, 0.05) is 19.3 Å². The first-order valence-corrected chi connectivity index (χ1v) is 28.3. The SMILES string of the molecule is CC/C=C\C/C=C\C/C=C\C/C=C\C/C=C\C/C=C\CCC(=O)OC[C@H](COC(=O)CCCC/C=C\C/C=C\C/C=C\C/C=C\CC)OC(=O)CCCCCCCCCCC/C=C\C/C=C\CCCCC. The fourth-order valence-electron chi connectivity index (χ4n) is 7.13. The third kappa shape index (κ3) is 56.1. The Kier molecular flexibility index (Phi) is 54.0. The zero-order valence-electron chi connectivity index (χ0n) is 45.4. The Labute approximate surface area is 436 Å². The lowest BCUT2D eigenvalue weighted by Gasteiger charge is -2.18. The van der Waals surface area contributed by atoms with Gasteiger partial charge in [0.15, 0.2) is 6.10 Å². The van der Waals surface area contributed by atoms with E-state index in [0.29, 0.717) is 19.3 Å². The van der Waals surface area contributed by atoms with E-state index in [1.165, 1.54) is 70.6 Å². The van der Waals surface area contributed by atoms with Gasteiger partial charge in [-0.15, -0.1) is 0 Å². The molecule has 0 saturated heterocycles. The summed E-state index contributed by atoms with van der Waals surface area (Å²) in [6.07, 6.45) is 82.8. The van der Waals surface area contributed by atoms with E-state index in [0.717, 1.165) is 103 Å². The van der Waals surface area contributed by atoms with Crippen LogP contribution in [0.1, 0.15) is 226 Å². The van der Waals surface area contributed by atoms with E-state index in [1.807, 2.05) is 12.2 Å². The minimum Gasteiger partial charge on any atom is -0.462 e. The largest absolute Gasteiger partial charge is 0.462 e. The molecular formula is C65H102O6. The Morgan fingerprint density at radius 1 is 0.296 bits per heavy atom. The maximum atomic E-state index is 12.9. The van der Waals surface area contributed by atoms with Crippen LogP contribution in [0.5, 0.6) is 0 Å². The number of carbonyl (C=O) groups is 3. The van der Waals surface area contributed by atoms with Crippen molar-refractivity contribution in [1.82, 2.24) is 0 Å². The van der Waals surface area contributed by atoms with Gasteiger partial charge >= 0.3 is 17.9 Å². The summed E-state index contributed by atoms with van der Waals surface area (Å²) in [4.78, 5) is 38.1. The minimum atomic E-state index is -0.835. The predicted molar refractivity (Wildman–Crippen MR) is 306 cm³/mol. The fraction of sp³-hybridized carbons (Fsp3) is 0.585. The topological polar surface area (TPSA) is 78.9 Å². The van der Waals surface area contributed by atoms with Crippen molar-refractivity contribution in [3.8, 4) is 0 Å². The van der Waals surface area contributed by atoms with Crippen molar-refractivity contribution < 1.29 is 28.6 Å². The molecule has 1 atom stereocenters. The van der Waals surface area contributed by atoms with Crippen LogP contribution in [0.3, 0.4) is 0 Å². The summed E-state index contributed by atoms with van der Waals surface area (Å²) in [5, 5.41) is 0. The van der Waals surface area contributed by atoms with Crippen molar-refractivity contribution in [3.05, 3.63) is 146 Å². The smallest absolute Gasteiger partial charge is 0.306 e. The average Bonchev–Trinajstić information content (AvgIpc) is 3.37. The van der Waals surface area contributed by atoms with Crippen molar-refractivity contribution >= 4 is 17.9 Å². The van der Waals surface area contributed by atoms with Crippen LogP contribution in [-0.4, -0.2) is 37.2 Å². The molecule has 0 aliphatic heterocycles. The molecule has 0 heterocycles. The lowest BCUT2D eigenvalue weighted by molar-refractivity contribution is -0.166. The van der Waals surface area contributed by atoms with Crippen LogP contribution >= 0.6 is 0 Å². The van der Waals surface area contributed by atoms with Crippen molar-refractivity contribution in [3.63, 3.8) is 0 Å². The first kappa shape index (κ1) is 66.3. The maximum absolute atomic E-state index is 12.9. The van der Waals surface area contributed by atoms with Gasteiger partial charge in [0.1, 0.15) is 13.2 Å². The Hall–Kier alpha value is -4.71. The molecule has 0 saturated carbocycles. The molecule has 0 aromatic rings. The molecule has 0 radical (unpaired) electrons. The Bertz CT molecular complexity index is 1590. The number of ether oxygens (including phenoxy) is 3. The number of hydrogen-bond donors (Lipinski definition) is 0. The van der Waals surface area contributed by atoms with Gasteiger partial charge in [0.05, 0.1) is 0 Å². The minimum absolute atomic E-state index is 0.130. The molecule has 0 fully saturated rings. The normalized spacial score (nSPS) is 13.2. The number of unbranched alkanes of at least 4 members (excludes halogenated alkanes) is 14. The molecule has 71 heavy (non-hydrogen) atoms. The van der Waals surface area contributed by atoms with Gasteiger partial charge in [-0.3, -0.25) is 14.4 Å². The van der Waals surface area contributed by atoms with Gasteiger partial charge in [-0.25, -0.2) is 0 Å². The molecule has 0 unspecified atom stereocenters. The van der Waals surface area contributed by atoms with Crippen LogP contribution < -0.4 is 0 Å². The van der Waals surface area contributed by atoms with E-state index in [9.17, 15) is 14.4 Å². The lowest BCUT2D eigenvalue weighted by Crippen LogP contribution is -2.30. The van der Waals surface area contributed by atoms with E-state index in [2.05, 4.69) is 154 Å². The van der Waals surface area contributed by atoms with Gasteiger partial charge < -0.3 is 14.2 Å². The Morgan fingerprint density at radius 3 is 0.972 bits per heavy atom. The standard InChI is InChI=1S/C65H102O6/c1-4-7-10-13-16-19-22-25-28-30-32-34-37-40-43-46-49-52-55-58-64(67)70-61-62(60-69-63(66)57-54-51-48-45-42-39-36-27-24-21-18-15-12-9-6-3)71-65(68)59-56-53-50-47-44-41-38-35-33-31-29-26-23-20-17-14-11-8-5-2/h7,9-10,12,16-21,25-29,32,34,36,40,42-43,45,49,52,62H,4-6,8,11,13-15,22-24,30-31,33,35,37-39,41,44,46-48,50-51,53-61H2,1-3H3/b10-7-,12-9-,19-16-,20-17-,21-18-,28-25-,29-26-,34-32-,36-27-,43-40-,45-42-,52-49-/t62-/m0/s1. The van der Waals surface area contributed by atoms with Gasteiger partial charge in [0.2, 0.25) is 0 Å². The maximum Gasteiger partial charge on any atom is 0.306 e. The van der Waals surface area contributed by atoms with E-state index in [4.69, 9.17) is 14.2 Å². The fourth-order valence-corrected chi connectivity index (χ4v) is 7.13. The number of allylic oxidation sites excluding steroid dienone is 24. The van der Waals surface area contributed by atoms with E-state index < -0.39 is 6.10 Å². The molecule has 0 aromatic heterocycles. The molecule has 0 aliphatic rings. The lowest BCUT2D eigenvalue weighted by atomic mass is 10.1. The van der Waals surface area contributed by atoms with Crippen LogP contribution in [0.4, 0.5) is 0 Å². The third-order valence-electron chi connectivity index (χ3n) is 11.3. The van der Waals surface area contributed by atoms with Gasteiger partial charge in [-0.1, -0.05) is 224 Å². The van der Waals surface area contributed by atoms with Crippen molar-refractivity contribution in [2.75, 3.05) is 13.2 Å². The van der Waals surface area contributed by atoms with Gasteiger partial charge in [-0.05, 0) is 128 Å². The van der Waals surface area contributed by atoms with E-state index >= 15 is 0 Å². The van der Waals surface area contributed by atoms with E-state index in [1.54, 1.807) is 0 Å². The second-order valence-electron chi connectivity index (χ2n) is 18.1. The van der Waals surface area contributed by atoms with E-state index in [-0.39, 0.29) is 44.0 Å². The van der Waals surface area contributed by atoms with Crippen LogP contribution in [0.2, 0.25) is 0 Å². The summed E-state index contributed by atoms with van der Waals surface area (Å²) in [6, 6.07) is 0. The molecular weight excluding hydrogens is 877 g/mol. The van der Waals surface area contributed by atoms with Crippen molar-refractivity contribution in [2.45, 2.75) is 232 Å². The molecule has 6 nitrogen and oxygen atoms in total. The van der Waals surface area contributed by atoms with Crippen LogP contribution in [0.25, 0.3) is 0 Å². The molecule has 0 aromatic carbocycles. The molecule has 0 bridgehead atoms. The number of esters is 3. The first-order valence-electron chi connectivity index (χ1n) is 28.3. The number of hydrogen-bond acceptors (Lipinski definition) is 6. The van der Waals surface area contributed by atoms with Gasteiger partial charge in [-0.2, -0.15) is 0 Å². The summed E-state index contributed by atoms with van der Waals surface area (Å²) in [6.45, 7) is 6.27. The van der Waals surface area contributed by atoms with Crippen molar-refractivity contribution in [1.29, 1.82) is 0 Å². The summed E-state index contributed by atoms with van der Waals surface area (Å²) in [5.41, 5.74) is 0. The molecule has 0 aliphatic carbocycles. The average molecular weight is 980 g/mol. The molecule has 0 rings (SSSR count). The monoisotopic (exact) mass is 979 g/mol. The van der Waals surface area contributed by atoms with Crippen molar-refractivity contribution in [2.24, 2.45) is 0 Å². The van der Waals surface area contributed by atoms with Crippen LogP contribution in [-0.2, 0) is 28.6 Å². The second kappa shape index (κ2) is 57.9. The van der Waals surface area contributed by atoms with Crippen LogP contribution in [0, 0.1) is 0 Å². The molecule has 0 amide bonds. The second-order valence-corrected chi connectivity index (χ2v) is 18.1. The molecule has 398 valence electrons. The molecule has 0 spiro atoms. The molecule has 6 heteroatoms. The third-order valence-corrected chi connectivity index (χ3v) is 11.3. The highest BCUT2D eigenvalue weighted by atomic mass is 16.6. The Balaban J connectivity index is 4.58. The van der Waals surface area contributed by atoms with Gasteiger partial charge in [0.25, 0.3) is 0 Å². The molecule has 0 N–H and O–H groups in total.